The van der Waals surface area contributed by atoms with E-state index in [0.29, 0.717) is 55.7 Å². The van der Waals surface area contributed by atoms with E-state index in [9.17, 15) is 9.59 Å². The molecule has 0 aromatic heterocycles. The molecule has 1 heterocycles. The molecule has 0 saturated carbocycles. The molecule has 1 fully saturated rings. The van der Waals surface area contributed by atoms with Gasteiger partial charge in [-0.05, 0) is 45.7 Å². The summed E-state index contributed by atoms with van der Waals surface area (Å²) < 4.78 is 17.1. The molecule has 1 aliphatic heterocycles. The van der Waals surface area contributed by atoms with Crippen molar-refractivity contribution in [1.29, 1.82) is 0 Å². The third-order valence-electron chi connectivity index (χ3n) is 4.81. The molecule has 0 atom stereocenters. The van der Waals surface area contributed by atoms with Crippen molar-refractivity contribution in [3.63, 3.8) is 0 Å². The summed E-state index contributed by atoms with van der Waals surface area (Å²) in [5.74, 6) is 1.52. The van der Waals surface area contributed by atoms with Crippen molar-refractivity contribution >= 4 is 11.8 Å². The van der Waals surface area contributed by atoms with E-state index in [-0.39, 0.29) is 23.8 Å². The molecule has 0 aliphatic carbocycles. The average molecular weight is 407 g/mol. The number of ether oxygens (including phenoxy) is 3. The van der Waals surface area contributed by atoms with Gasteiger partial charge >= 0.3 is 0 Å². The van der Waals surface area contributed by atoms with Gasteiger partial charge in [-0.1, -0.05) is 13.8 Å². The molecular formula is C22H34N2O5. The number of rotatable bonds is 9. The third-order valence-corrected chi connectivity index (χ3v) is 4.81. The van der Waals surface area contributed by atoms with E-state index in [0.717, 1.165) is 12.8 Å². The molecular weight excluding hydrogens is 372 g/mol. The molecule has 7 heteroatoms. The Kier molecular flexibility index (Phi) is 8.61. The van der Waals surface area contributed by atoms with Gasteiger partial charge in [0.05, 0.1) is 19.8 Å². The van der Waals surface area contributed by atoms with Crippen LogP contribution in [0.3, 0.4) is 0 Å². The molecule has 1 saturated heterocycles. The second-order valence-corrected chi connectivity index (χ2v) is 7.33. The highest BCUT2D eigenvalue weighted by Crippen LogP contribution is 2.39. The number of nitrogens with one attached hydrogen (secondary N) is 1. The smallest absolute Gasteiger partial charge is 0.251 e. The predicted molar refractivity (Wildman–Crippen MR) is 112 cm³/mol. The van der Waals surface area contributed by atoms with E-state index in [1.807, 2.05) is 39.5 Å². The number of hydrogen-bond donors (Lipinski definition) is 1. The Morgan fingerprint density at radius 2 is 1.52 bits per heavy atom. The number of likely N-dealkylation sites (tertiary alicyclic amines) is 1. The van der Waals surface area contributed by atoms with Gasteiger partial charge in [-0.15, -0.1) is 0 Å². The van der Waals surface area contributed by atoms with Crippen LogP contribution >= 0.6 is 0 Å². The van der Waals surface area contributed by atoms with Crippen LogP contribution in [0.25, 0.3) is 0 Å². The van der Waals surface area contributed by atoms with Crippen LogP contribution in [-0.2, 0) is 4.79 Å². The van der Waals surface area contributed by atoms with Crippen molar-refractivity contribution in [3.05, 3.63) is 17.7 Å². The van der Waals surface area contributed by atoms with Gasteiger partial charge in [0.2, 0.25) is 11.7 Å². The van der Waals surface area contributed by atoms with Crippen molar-refractivity contribution in [2.75, 3.05) is 32.9 Å². The maximum Gasteiger partial charge on any atom is 0.251 e. The maximum atomic E-state index is 12.9. The zero-order valence-electron chi connectivity index (χ0n) is 18.2. The summed E-state index contributed by atoms with van der Waals surface area (Å²) in [6.45, 7) is 12.2. The molecule has 0 spiro atoms. The highest BCUT2D eigenvalue weighted by atomic mass is 16.5. The Bertz CT molecular complexity index is 669. The molecule has 162 valence electrons. The summed E-state index contributed by atoms with van der Waals surface area (Å²) in [5, 5.41) is 3.09. The second-order valence-electron chi connectivity index (χ2n) is 7.33. The third kappa shape index (κ3) is 6.02. The van der Waals surface area contributed by atoms with E-state index >= 15 is 0 Å². The summed E-state index contributed by atoms with van der Waals surface area (Å²) in [6.07, 6.45) is 1.50. The summed E-state index contributed by atoms with van der Waals surface area (Å²) in [6, 6.07) is 3.43. The van der Waals surface area contributed by atoms with Crippen LogP contribution in [0.1, 0.15) is 57.8 Å². The number of benzene rings is 1. The Morgan fingerprint density at radius 1 is 1.00 bits per heavy atom. The first-order chi connectivity index (χ1) is 13.9. The first kappa shape index (κ1) is 22.8. The topological polar surface area (TPSA) is 77.1 Å². The monoisotopic (exact) mass is 406 g/mol. The highest BCUT2D eigenvalue weighted by molar-refractivity contribution is 5.95. The zero-order chi connectivity index (χ0) is 21.4. The lowest BCUT2D eigenvalue weighted by Crippen LogP contribution is -2.47. The van der Waals surface area contributed by atoms with E-state index in [2.05, 4.69) is 5.32 Å². The average Bonchev–Trinajstić information content (AvgIpc) is 2.70. The lowest BCUT2D eigenvalue weighted by atomic mass is 10.0. The summed E-state index contributed by atoms with van der Waals surface area (Å²) in [7, 11) is 0. The Morgan fingerprint density at radius 3 is 1.97 bits per heavy atom. The lowest BCUT2D eigenvalue weighted by molar-refractivity contribution is -0.135. The van der Waals surface area contributed by atoms with E-state index in [4.69, 9.17) is 14.2 Å². The van der Waals surface area contributed by atoms with Crippen molar-refractivity contribution in [3.8, 4) is 17.2 Å². The minimum atomic E-state index is -0.177. The molecule has 1 aromatic carbocycles. The largest absolute Gasteiger partial charge is 0.490 e. The fourth-order valence-electron chi connectivity index (χ4n) is 3.40. The van der Waals surface area contributed by atoms with Gasteiger partial charge in [-0.3, -0.25) is 9.59 Å². The highest BCUT2D eigenvalue weighted by Gasteiger charge is 2.26. The van der Waals surface area contributed by atoms with Gasteiger partial charge in [0, 0.05) is 30.6 Å². The van der Waals surface area contributed by atoms with Crippen LogP contribution in [0.4, 0.5) is 0 Å². The minimum Gasteiger partial charge on any atom is -0.490 e. The molecule has 1 N–H and O–H groups in total. The number of piperidine rings is 1. The molecule has 0 radical (unpaired) electrons. The normalized spacial score (nSPS) is 14.6. The first-order valence-corrected chi connectivity index (χ1v) is 10.6. The zero-order valence-corrected chi connectivity index (χ0v) is 18.2. The van der Waals surface area contributed by atoms with Gasteiger partial charge in [-0.2, -0.15) is 0 Å². The number of hydrogen-bond acceptors (Lipinski definition) is 5. The van der Waals surface area contributed by atoms with Crippen molar-refractivity contribution in [1.82, 2.24) is 10.2 Å². The predicted octanol–water partition coefficient (Wildman–Crippen LogP) is 3.26. The minimum absolute atomic E-state index is 0.000955. The maximum absolute atomic E-state index is 12.9. The molecule has 1 aliphatic rings. The summed E-state index contributed by atoms with van der Waals surface area (Å²) in [4.78, 5) is 26.9. The van der Waals surface area contributed by atoms with Crippen LogP contribution in [0.15, 0.2) is 12.1 Å². The fourth-order valence-corrected chi connectivity index (χ4v) is 3.40. The van der Waals surface area contributed by atoms with Gasteiger partial charge < -0.3 is 24.4 Å². The van der Waals surface area contributed by atoms with Gasteiger partial charge in [-0.25, -0.2) is 0 Å². The van der Waals surface area contributed by atoms with Gasteiger partial charge in [0.15, 0.2) is 11.5 Å². The van der Waals surface area contributed by atoms with Crippen LogP contribution in [0, 0.1) is 5.92 Å². The van der Waals surface area contributed by atoms with Crippen molar-refractivity contribution in [2.24, 2.45) is 5.92 Å². The van der Waals surface area contributed by atoms with E-state index in [1.165, 1.54) is 0 Å². The Balaban J connectivity index is 2.11. The quantitative estimate of drug-likeness (QED) is 0.681. The van der Waals surface area contributed by atoms with Crippen molar-refractivity contribution < 1.29 is 23.8 Å². The number of nitrogens with zero attached hydrogens (tertiary/aromatic N) is 1. The molecule has 29 heavy (non-hydrogen) atoms. The SMILES string of the molecule is CCOc1cc(C(=O)NC2CCN(C(=O)C(C)C)CC2)cc(OCC)c1OCC. The number of carbonyl (C=O) groups is 2. The molecule has 0 unspecified atom stereocenters. The second kappa shape index (κ2) is 10.9. The van der Waals surface area contributed by atoms with Gasteiger partial charge in [0.25, 0.3) is 5.91 Å². The number of carbonyl (C=O) groups excluding carboxylic acids is 2. The molecule has 0 bridgehead atoms. The van der Waals surface area contributed by atoms with Crippen LogP contribution in [0.5, 0.6) is 17.2 Å². The van der Waals surface area contributed by atoms with Gasteiger partial charge in [0.1, 0.15) is 0 Å². The summed E-state index contributed by atoms with van der Waals surface area (Å²) in [5.41, 5.74) is 0.473. The molecule has 2 amide bonds. The number of amides is 2. The van der Waals surface area contributed by atoms with E-state index in [1.54, 1.807) is 12.1 Å². The first-order valence-electron chi connectivity index (χ1n) is 10.6. The Hall–Kier alpha value is -2.44. The molecule has 2 rings (SSSR count). The lowest BCUT2D eigenvalue weighted by Gasteiger charge is -2.33. The van der Waals surface area contributed by atoms with Crippen LogP contribution in [0.2, 0.25) is 0 Å². The molecule has 7 nitrogen and oxygen atoms in total. The van der Waals surface area contributed by atoms with E-state index < -0.39 is 0 Å². The standard InChI is InChI=1S/C22H34N2O5/c1-6-27-18-13-16(14-19(28-7-2)20(18)29-8-3)21(25)23-17-9-11-24(12-10-17)22(26)15(4)5/h13-15,17H,6-12H2,1-5H3,(H,23,25). The molecule has 1 aromatic rings. The Labute approximate surface area is 173 Å². The van der Waals surface area contributed by atoms with Crippen LogP contribution in [-0.4, -0.2) is 55.7 Å². The fraction of sp³-hybridized carbons (Fsp3) is 0.636. The van der Waals surface area contributed by atoms with Crippen molar-refractivity contribution in [2.45, 2.75) is 53.5 Å². The summed E-state index contributed by atoms with van der Waals surface area (Å²) >= 11 is 0. The van der Waals surface area contributed by atoms with Crippen LogP contribution < -0.4 is 19.5 Å².